The van der Waals surface area contributed by atoms with Crippen molar-refractivity contribution >= 4 is 51.2 Å². The Kier molecular flexibility index (Phi) is 13.6. The van der Waals surface area contributed by atoms with Crippen LogP contribution in [0.1, 0.15) is 19.5 Å². The van der Waals surface area contributed by atoms with Crippen LogP contribution in [0.15, 0.2) is 51.4 Å². The van der Waals surface area contributed by atoms with Crippen molar-refractivity contribution in [1.82, 2.24) is 0 Å². The number of thioether (sulfide) groups is 1. The van der Waals surface area contributed by atoms with Crippen molar-refractivity contribution in [3.05, 3.63) is 68.1 Å². The first kappa shape index (κ1) is 29.3. The van der Waals surface area contributed by atoms with Crippen molar-refractivity contribution in [2.75, 3.05) is 5.75 Å². The average molecular weight is 574 g/mol. The summed E-state index contributed by atoms with van der Waals surface area (Å²) < 4.78 is 39.5. The van der Waals surface area contributed by atoms with Gasteiger partial charge >= 0.3 is 72.4 Å². The maximum atomic E-state index is 13.8. The zero-order valence-electron chi connectivity index (χ0n) is 17.1. The number of hydrogen-bond acceptors (Lipinski definition) is 2. The maximum absolute atomic E-state index is 13.8. The van der Waals surface area contributed by atoms with Gasteiger partial charge in [0.25, 0.3) is 0 Å². The second-order valence-electron chi connectivity index (χ2n) is 5.20. The van der Waals surface area contributed by atoms with Crippen LogP contribution in [0.2, 0.25) is 0 Å². The third kappa shape index (κ3) is 8.45. The molecule has 0 atom stereocenters. The van der Waals surface area contributed by atoms with Gasteiger partial charge in [0.05, 0.1) is 5.75 Å². The fraction of sp³-hybridized carbons (Fsp3) is 0.176. The standard InChI is InChI=1S/C17H13Br2F2O3PS.2Na.2H/c18-14-6-3-12(4-7-14)2-1-9-26-11-13-5-8-15(16(19)10-13)17(20,21)25(22,23)24;;;;/h3-8,10H,9,11H2,(H2,22,23,24);;;;/q;2*+1;2*-1. The smallest absolute Gasteiger partial charge is 1.00 e. The van der Waals surface area contributed by atoms with E-state index in [9.17, 15) is 13.3 Å². The molecule has 142 valence electrons. The number of alkyl halides is 2. The molecule has 0 saturated heterocycles. The molecule has 0 amide bonds. The molecule has 0 aliphatic heterocycles. The Morgan fingerprint density at radius 1 is 1.11 bits per heavy atom. The van der Waals surface area contributed by atoms with E-state index in [0.29, 0.717) is 11.5 Å². The third-order valence-corrected chi connectivity index (χ3v) is 6.29. The summed E-state index contributed by atoms with van der Waals surface area (Å²) in [5.74, 6) is 7.15. The van der Waals surface area contributed by atoms with E-state index < -0.39 is 18.8 Å². The number of rotatable bonds is 5. The van der Waals surface area contributed by atoms with E-state index in [2.05, 4.69) is 43.7 Å². The summed E-state index contributed by atoms with van der Waals surface area (Å²) in [6, 6.07) is 11.5. The van der Waals surface area contributed by atoms with E-state index in [-0.39, 0.29) is 66.4 Å². The monoisotopic (exact) mass is 572 g/mol. The van der Waals surface area contributed by atoms with Crippen LogP contribution in [0.4, 0.5) is 8.78 Å². The zero-order chi connectivity index (χ0) is 19.4. The molecule has 0 saturated carbocycles. The van der Waals surface area contributed by atoms with E-state index in [4.69, 9.17) is 9.79 Å². The van der Waals surface area contributed by atoms with Gasteiger partial charge in [-0.3, -0.25) is 4.57 Å². The van der Waals surface area contributed by atoms with Gasteiger partial charge in [-0.15, -0.1) is 11.8 Å². The van der Waals surface area contributed by atoms with Crippen LogP contribution in [0, 0.1) is 11.8 Å². The van der Waals surface area contributed by atoms with Gasteiger partial charge < -0.3 is 12.6 Å². The quantitative estimate of drug-likeness (QED) is 0.228. The summed E-state index contributed by atoms with van der Waals surface area (Å²) in [6.07, 6.45) is 0. The van der Waals surface area contributed by atoms with Gasteiger partial charge in [0.15, 0.2) is 0 Å². The van der Waals surface area contributed by atoms with Crippen molar-refractivity contribution < 1.29 is 85.1 Å². The fourth-order valence-corrected chi connectivity index (χ4v) is 4.23. The predicted octanol–water partition coefficient (Wildman–Crippen LogP) is -0.0435. The molecule has 2 N–H and O–H groups in total. The Morgan fingerprint density at radius 2 is 1.71 bits per heavy atom. The van der Waals surface area contributed by atoms with Gasteiger partial charge in [0, 0.05) is 25.8 Å². The van der Waals surface area contributed by atoms with Gasteiger partial charge in [-0.2, -0.15) is 8.78 Å². The molecule has 0 aromatic heterocycles. The predicted molar refractivity (Wildman–Crippen MR) is 109 cm³/mol. The Balaban J connectivity index is -0.00000182. The summed E-state index contributed by atoms with van der Waals surface area (Å²) in [4.78, 5) is 17.6. The molecule has 0 unspecified atom stereocenters. The van der Waals surface area contributed by atoms with Crippen molar-refractivity contribution in [2.45, 2.75) is 11.4 Å². The van der Waals surface area contributed by atoms with Crippen LogP contribution < -0.4 is 59.1 Å². The topological polar surface area (TPSA) is 57.5 Å². The molecular weight excluding hydrogens is 559 g/mol. The minimum absolute atomic E-state index is 0. The van der Waals surface area contributed by atoms with E-state index in [1.165, 1.54) is 23.9 Å². The molecule has 0 spiro atoms. The molecule has 0 bridgehead atoms. The van der Waals surface area contributed by atoms with Crippen LogP contribution >= 0.6 is 51.2 Å². The summed E-state index contributed by atoms with van der Waals surface area (Å²) in [7, 11) is -5.59. The van der Waals surface area contributed by atoms with Crippen LogP contribution in [-0.4, -0.2) is 15.5 Å². The molecular formula is C17H15Br2F2Na2O3PS. The summed E-state index contributed by atoms with van der Waals surface area (Å²) in [6.45, 7) is 0. The van der Waals surface area contributed by atoms with Crippen molar-refractivity contribution in [3.63, 3.8) is 0 Å². The molecule has 0 aliphatic rings. The Labute approximate surface area is 230 Å². The van der Waals surface area contributed by atoms with Crippen LogP contribution in [0.5, 0.6) is 0 Å². The normalized spacial score (nSPS) is 10.9. The molecule has 28 heavy (non-hydrogen) atoms. The fourth-order valence-electron chi connectivity index (χ4n) is 1.94. The second kappa shape index (κ2) is 13.0. The Bertz CT molecular complexity index is 910. The molecule has 11 heteroatoms. The minimum Gasteiger partial charge on any atom is -1.00 e. The maximum Gasteiger partial charge on any atom is 1.00 e. The van der Waals surface area contributed by atoms with Crippen molar-refractivity contribution in [1.29, 1.82) is 0 Å². The largest absolute Gasteiger partial charge is 1.00 e. The first-order valence-electron chi connectivity index (χ1n) is 7.16. The molecule has 0 radical (unpaired) electrons. The Morgan fingerprint density at radius 3 is 2.25 bits per heavy atom. The van der Waals surface area contributed by atoms with Crippen LogP contribution in [0.3, 0.4) is 0 Å². The van der Waals surface area contributed by atoms with Gasteiger partial charge in [0.1, 0.15) is 0 Å². The third-order valence-electron chi connectivity index (χ3n) is 3.24. The van der Waals surface area contributed by atoms with Gasteiger partial charge in [-0.05, 0) is 35.9 Å². The van der Waals surface area contributed by atoms with Crippen molar-refractivity contribution in [2.24, 2.45) is 0 Å². The minimum atomic E-state index is -5.59. The van der Waals surface area contributed by atoms with Crippen LogP contribution in [0.25, 0.3) is 0 Å². The molecule has 2 rings (SSSR count). The molecule has 3 nitrogen and oxygen atoms in total. The molecule has 2 aromatic rings. The summed E-state index contributed by atoms with van der Waals surface area (Å²) in [5, 5.41) is 0. The SMILES string of the molecule is O=P(O)(O)C(F)(F)c1ccc(CSCC#Cc2ccc(Br)cc2)cc1Br.[H-].[H-].[Na+].[Na+]. The molecule has 0 heterocycles. The zero-order valence-corrected chi connectivity index (χ0v) is 24.0. The molecule has 2 aromatic carbocycles. The van der Waals surface area contributed by atoms with E-state index >= 15 is 0 Å². The second-order valence-corrected chi connectivity index (χ2v) is 9.61. The first-order valence-corrected chi connectivity index (χ1v) is 11.5. The van der Waals surface area contributed by atoms with Crippen molar-refractivity contribution in [3.8, 4) is 11.8 Å². The molecule has 0 fully saturated rings. The number of hydrogen-bond donors (Lipinski definition) is 2. The first-order chi connectivity index (χ1) is 12.1. The average Bonchev–Trinajstić information content (AvgIpc) is 2.55. The summed E-state index contributed by atoms with van der Waals surface area (Å²) >= 11 is 7.83. The Hall–Kier alpha value is 1.32. The van der Waals surface area contributed by atoms with E-state index in [0.717, 1.165) is 21.7 Å². The molecule has 0 aliphatic carbocycles. The van der Waals surface area contributed by atoms with Gasteiger partial charge in [0.2, 0.25) is 0 Å². The van der Waals surface area contributed by atoms with E-state index in [1.807, 2.05) is 24.3 Å². The number of halogens is 4. The van der Waals surface area contributed by atoms with Gasteiger partial charge in [-0.1, -0.05) is 55.8 Å². The summed E-state index contributed by atoms with van der Waals surface area (Å²) in [5.41, 5.74) is -3.30. The van der Waals surface area contributed by atoms with Crippen LogP contribution in [-0.2, 0) is 16.0 Å². The number of benzene rings is 2. The van der Waals surface area contributed by atoms with Gasteiger partial charge in [-0.25, -0.2) is 0 Å². The van der Waals surface area contributed by atoms with E-state index in [1.54, 1.807) is 0 Å².